The Morgan fingerprint density at radius 3 is 2.22 bits per heavy atom. The number of ether oxygens (including phenoxy) is 4. The van der Waals surface area contributed by atoms with Crippen molar-refractivity contribution < 1.29 is 43.8 Å². The summed E-state index contributed by atoms with van der Waals surface area (Å²) in [6.45, 7) is 1.03. The van der Waals surface area contributed by atoms with E-state index in [-0.39, 0.29) is 19.4 Å². The van der Waals surface area contributed by atoms with E-state index in [0.29, 0.717) is 0 Å². The molecule has 2 fully saturated rings. The summed E-state index contributed by atoms with van der Waals surface area (Å²) in [5, 5.41) is 39.7. The molecule has 32 heavy (non-hydrogen) atoms. The van der Waals surface area contributed by atoms with Gasteiger partial charge >= 0.3 is 0 Å². The van der Waals surface area contributed by atoms with Crippen molar-refractivity contribution in [2.75, 3.05) is 13.2 Å². The predicted molar refractivity (Wildman–Crippen MR) is 109 cm³/mol. The molecule has 0 aromatic carbocycles. The lowest BCUT2D eigenvalue weighted by molar-refractivity contribution is -0.327. The quantitative estimate of drug-likeness (QED) is 0.145. The molecule has 14 heteroatoms. The molecule has 13 unspecified atom stereocenters. The summed E-state index contributed by atoms with van der Waals surface area (Å²) in [4.78, 5) is 0. The standard InChI is InChI=1S/C18H38FN5O8/c1-6(21)2-7(22)15(31-18-14(28)12(24)13(27)11(5-25)30-18)16(19)32-17-8(23)3-9(26)10(4-20)29-17/h6-18,25-28H,2-5,20-24H2,1H3. The first-order valence-electron chi connectivity index (χ1n) is 10.6. The second-order valence-corrected chi connectivity index (χ2v) is 8.49. The molecule has 2 aliphatic rings. The van der Waals surface area contributed by atoms with Gasteiger partial charge in [0.05, 0.1) is 30.9 Å². The summed E-state index contributed by atoms with van der Waals surface area (Å²) in [5.74, 6) is 0. The lowest BCUT2D eigenvalue weighted by Crippen LogP contribution is -2.64. The minimum absolute atomic E-state index is 0.0281. The number of hydrogen-bond acceptors (Lipinski definition) is 13. The molecule has 0 bridgehead atoms. The highest BCUT2D eigenvalue weighted by Gasteiger charge is 2.46. The van der Waals surface area contributed by atoms with Crippen LogP contribution in [0.1, 0.15) is 19.8 Å². The van der Waals surface area contributed by atoms with Crippen molar-refractivity contribution in [2.45, 2.75) is 99.5 Å². The molecule has 0 saturated carbocycles. The summed E-state index contributed by atoms with van der Waals surface area (Å²) >= 11 is 0. The molecule has 14 N–H and O–H groups in total. The van der Waals surface area contributed by atoms with Crippen molar-refractivity contribution >= 4 is 0 Å². The fourth-order valence-corrected chi connectivity index (χ4v) is 3.76. The van der Waals surface area contributed by atoms with Gasteiger partial charge in [0, 0.05) is 18.6 Å². The minimum atomic E-state index is -2.21. The van der Waals surface area contributed by atoms with Crippen LogP contribution in [0.4, 0.5) is 4.39 Å². The first-order valence-corrected chi connectivity index (χ1v) is 10.6. The molecule has 0 aromatic rings. The molecular formula is C18H38FN5O8. The molecular weight excluding hydrogens is 433 g/mol. The number of hydrogen-bond donors (Lipinski definition) is 9. The highest BCUT2D eigenvalue weighted by atomic mass is 19.1. The summed E-state index contributed by atoms with van der Waals surface area (Å²) < 4.78 is 37.1. The molecule has 0 spiro atoms. The average Bonchev–Trinajstić information content (AvgIpc) is 2.72. The molecule has 190 valence electrons. The predicted octanol–water partition coefficient (Wildman–Crippen LogP) is -4.72. The van der Waals surface area contributed by atoms with Crippen LogP contribution in [0.2, 0.25) is 0 Å². The van der Waals surface area contributed by atoms with Gasteiger partial charge in [0.25, 0.3) is 0 Å². The minimum Gasteiger partial charge on any atom is -0.394 e. The van der Waals surface area contributed by atoms with Crippen molar-refractivity contribution in [2.24, 2.45) is 28.7 Å². The zero-order valence-corrected chi connectivity index (χ0v) is 18.0. The van der Waals surface area contributed by atoms with Gasteiger partial charge < -0.3 is 68.0 Å². The Morgan fingerprint density at radius 2 is 1.66 bits per heavy atom. The van der Waals surface area contributed by atoms with Crippen molar-refractivity contribution in [3.05, 3.63) is 0 Å². The van der Waals surface area contributed by atoms with Gasteiger partial charge in [-0.25, -0.2) is 4.39 Å². The topological polar surface area (TPSA) is 248 Å². The van der Waals surface area contributed by atoms with Crippen LogP contribution in [0.3, 0.4) is 0 Å². The van der Waals surface area contributed by atoms with E-state index in [1.807, 2.05) is 0 Å². The van der Waals surface area contributed by atoms with E-state index in [2.05, 4.69) is 0 Å². The van der Waals surface area contributed by atoms with Gasteiger partial charge in [-0.2, -0.15) is 0 Å². The van der Waals surface area contributed by atoms with Crippen molar-refractivity contribution in [1.29, 1.82) is 0 Å². The molecule has 0 aliphatic carbocycles. The summed E-state index contributed by atoms with van der Waals surface area (Å²) in [5.41, 5.74) is 29.1. The zero-order valence-electron chi connectivity index (χ0n) is 18.0. The van der Waals surface area contributed by atoms with Crippen LogP contribution in [0, 0.1) is 0 Å². The molecule has 13 nitrogen and oxygen atoms in total. The monoisotopic (exact) mass is 471 g/mol. The Morgan fingerprint density at radius 1 is 1.03 bits per heavy atom. The SMILES string of the molecule is CC(N)CC(N)C(OC1OC(CO)C(O)C(N)C1O)C(F)OC1OC(CN)C(O)CC1N. The van der Waals surface area contributed by atoms with Crippen LogP contribution >= 0.6 is 0 Å². The smallest absolute Gasteiger partial charge is 0.229 e. The molecule has 2 saturated heterocycles. The maximum atomic E-state index is 15.3. The molecule has 0 amide bonds. The van der Waals surface area contributed by atoms with Gasteiger partial charge in [0.15, 0.2) is 12.6 Å². The van der Waals surface area contributed by atoms with E-state index in [0.717, 1.165) is 0 Å². The Bertz CT molecular complexity index is 567. The van der Waals surface area contributed by atoms with Gasteiger partial charge in [-0.15, -0.1) is 0 Å². The number of aliphatic hydroxyl groups is 4. The maximum absolute atomic E-state index is 15.3. The van der Waals surface area contributed by atoms with E-state index in [9.17, 15) is 20.4 Å². The van der Waals surface area contributed by atoms with E-state index in [4.69, 9.17) is 47.6 Å². The third-order valence-electron chi connectivity index (χ3n) is 5.65. The van der Waals surface area contributed by atoms with Crippen molar-refractivity contribution in [3.8, 4) is 0 Å². The highest BCUT2D eigenvalue weighted by Crippen LogP contribution is 2.27. The third kappa shape index (κ3) is 6.73. The van der Waals surface area contributed by atoms with E-state index >= 15 is 4.39 Å². The zero-order chi connectivity index (χ0) is 24.2. The van der Waals surface area contributed by atoms with Crippen LogP contribution in [0.15, 0.2) is 0 Å². The van der Waals surface area contributed by atoms with Crippen LogP contribution in [0.5, 0.6) is 0 Å². The van der Waals surface area contributed by atoms with E-state index in [1.54, 1.807) is 6.92 Å². The van der Waals surface area contributed by atoms with Crippen LogP contribution in [0.25, 0.3) is 0 Å². The fourth-order valence-electron chi connectivity index (χ4n) is 3.76. The number of alkyl halides is 1. The Hall–Kier alpha value is -0.590. The first kappa shape index (κ1) is 27.7. The third-order valence-corrected chi connectivity index (χ3v) is 5.65. The van der Waals surface area contributed by atoms with Gasteiger partial charge in [0.1, 0.15) is 24.4 Å². The summed E-state index contributed by atoms with van der Waals surface area (Å²) in [7, 11) is 0. The van der Waals surface area contributed by atoms with Crippen LogP contribution in [-0.2, 0) is 18.9 Å². The molecule has 2 aliphatic heterocycles. The Kier molecular flexibility index (Phi) is 10.6. The molecule has 2 heterocycles. The average molecular weight is 472 g/mol. The van der Waals surface area contributed by atoms with Crippen LogP contribution < -0.4 is 28.7 Å². The second kappa shape index (κ2) is 12.2. The lowest BCUT2D eigenvalue weighted by atomic mass is 9.97. The molecule has 0 radical (unpaired) electrons. The number of rotatable bonds is 10. The number of aliphatic hydroxyl groups excluding tert-OH is 4. The lowest BCUT2D eigenvalue weighted by Gasteiger charge is -2.43. The maximum Gasteiger partial charge on any atom is 0.229 e. The number of halogens is 1. The van der Waals surface area contributed by atoms with Gasteiger partial charge in [0.2, 0.25) is 6.36 Å². The van der Waals surface area contributed by atoms with Crippen LogP contribution in [-0.4, -0.2) is 113 Å². The van der Waals surface area contributed by atoms with Crippen molar-refractivity contribution in [1.82, 2.24) is 0 Å². The van der Waals surface area contributed by atoms with Gasteiger partial charge in [-0.05, 0) is 19.8 Å². The van der Waals surface area contributed by atoms with E-state index in [1.165, 1.54) is 0 Å². The molecule has 13 atom stereocenters. The highest BCUT2D eigenvalue weighted by molar-refractivity contribution is 4.93. The Labute approximate surface area is 185 Å². The first-order chi connectivity index (χ1) is 15.0. The normalized spacial score (nSPS) is 42.3. The molecule has 0 aromatic heterocycles. The fraction of sp³-hybridized carbons (Fsp3) is 1.00. The second-order valence-electron chi connectivity index (χ2n) is 8.49. The molecule has 2 rings (SSSR count). The van der Waals surface area contributed by atoms with Crippen molar-refractivity contribution in [3.63, 3.8) is 0 Å². The number of nitrogens with two attached hydrogens (primary N) is 5. The largest absolute Gasteiger partial charge is 0.394 e. The summed E-state index contributed by atoms with van der Waals surface area (Å²) in [6.07, 6.45) is -12.1. The van der Waals surface area contributed by atoms with Gasteiger partial charge in [-0.1, -0.05) is 0 Å². The van der Waals surface area contributed by atoms with Gasteiger partial charge in [-0.3, -0.25) is 0 Å². The van der Waals surface area contributed by atoms with E-state index < -0.39 is 86.3 Å². The summed E-state index contributed by atoms with van der Waals surface area (Å²) in [6, 6.07) is -3.50. The Balaban J connectivity index is 2.15.